The molecule has 4 nitrogen and oxygen atoms in total. The average molecular weight is 349 g/mol. The van der Waals surface area contributed by atoms with Gasteiger partial charge in [-0.05, 0) is 42.5 Å². The van der Waals surface area contributed by atoms with E-state index >= 15 is 0 Å². The largest absolute Gasteiger partial charge is 0.424 e. The van der Waals surface area contributed by atoms with Crippen molar-refractivity contribution < 1.29 is 4.42 Å². The van der Waals surface area contributed by atoms with Crippen LogP contribution in [0.4, 0.5) is 5.69 Å². The highest BCUT2D eigenvalue weighted by molar-refractivity contribution is 6.31. The van der Waals surface area contributed by atoms with Gasteiger partial charge < -0.3 is 4.42 Å². The van der Waals surface area contributed by atoms with Crippen LogP contribution in [0.25, 0.3) is 16.7 Å². The lowest BCUT2D eigenvalue weighted by Crippen LogP contribution is -2.31. The van der Waals surface area contributed by atoms with E-state index in [1.54, 1.807) is 18.2 Å². The third-order valence-electron chi connectivity index (χ3n) is 3.76. The zero-order chi connectivity index (χ0) is 17.2. The minimum absolute atomic E-state index is 0.206. The van der Waals surface area contributed by atoms with E-state index < -0.39 is 0 Å². The number of para-hydroxylation sites is 2. The van der Waals surface area contributed by atoms with Crippen molar-refractivity contribution in [3.63, 3.8) is 0 Å². The number of benzene rings is 3. The lowest BCUT2D eigenvalue weighted by molar-refractivity contribution is 0.486. The summed E-state index contributed by atoms with van der Waals surface area (Å²) in [5.74, 6) is 0. The Morgan fingerprint density at radius 2 is 1.56 bits per heavy atom. The molecule has 1 heterocycles. The van der Waals surface area contributed by atoms with Crippen LogP contribution in [-0.4, -0.2) is 4.57 Å². The lowest BCUT2D eigenvalue weighted by atomic mass is 10.2. The predicted molar refractivity (Wildman–Crippen MR) is 98.5 cm³/mol. The summed E-state index contributed by atoms with van der Waals surface area (Å²) in [6.45, 7) is 0. The van der Waals surface area contributed by atoms with Gasteiger partial charge in [0.1, 0.15) is 5.58 Å². The fraction of sp³-hybridized carbons (Fsp3) is 0. The number of fused-ring (bicyclic) bond motifs is 1. The van der Waals surface area contributed by atoms with E-state index in [1.807, 2.05) is 60.7 Å². The second kappa shape index (κ2) is 6.42. The van der Waals surface area contributed by atoms with E-state index in [2.05, 4.69) is 4.99 Å². The van der Waals surface area contributed by atoms with Crippen LogP contribution in [0.2, 0.25) is 5.02 Å². The molecule has 0 radical (unpaired) electrons. The Labute approximate surface area is 148 Å². The summed E-state index contributed by atoms with van der Waals surface area (Å²) >= 11 is 6.05. The van der Waals surface area contributed by atoms with Gasteiger partial charge in [-0.1, -0.05) is 48.0 Å². The van der Waals surface area contributed by atoms with E-state index in [4.69, 9.17) is 16.0 Å². The molecule has 0 aliphatic rings. The first-order valence-electron chi connectivity index (χ1n) is 7.73. The van der Waals surface area contributed by atoms with Crippen molar-refractivity contribution in [3.8, 4) is 5.69 Å². The Hall–Kier alpha value is -3.11. The molecular formula is C20H13ClN2O2. The molecule has 0 spiro atoms. The Morgan fingerprint density at radius 3 is 2.28 bits per heavy atom. The summed E-state index contributed by atoms with van der Waals surface area (Å²) in [5.41, 5.74) is 1.79. The van der Waals surface area contributed by atoms with Crippen LogP contribution in [0.1, 0.15) is 0 Å². The molecule has 0 amide bonds. The Bertz CT molecular complexity index is 1160. The van der Waals surface area contributed by atoms with Crippen molar-refractivity contribution in [2.75, 3.05) is 0 Å². The third-order valence-corrected chi connectivity index (χ3v) is 4.00. The molecule has 3 aromatic carbocycles. The van der Waals surface area contributed by atoms with Crippen molar-refractivity contribution in [2.45, 2.75) is 0 Å². The van der Waals surface area contributed by atoms with Gasteiger partial charge in [0.15, 0.2) is 0 Å². The zero-order valence-corrected chi connectivity index (χ0v) is 13.9. The minimum atomic E-state index is -0.232. The van der Waals surface area contributed by atoms with Gasteiger partial charge in [0.2, 0.25) is 0 Å². The third kappa shape index (κ3) is 2.99. The maximum atomic E-state index is 13.1. The van der Waals surface area contributed by atoms with Crippen LogP contribution < -0.4 is 11.2 Å². The number of hydrogen-bond donors (Lipinski definition) is 0. The number of hydrogen-bond acceptors (Lipinski definition) is 3. The van der Waals surface area contributed by atoms with Crippen molar-refractivity contribution in [3.05, 3.63) is 99.9 Å². The second-order valence-corrected chi connectivity index (χ2v) is 5.89. The van der Waals surface area contributed by atoms with Crippen LogP contribution in [0, 0.1) is 0 Å². The molecule has 122 valence electrons. The van der Waals surface area contributed by atoms with Gasteiger partial charge in [-0.3, -0.25) is 4.79 Å². The first kappa shape index (κ1) is 15.4. The Morgan fingerprint density at radius 1 is 0.880 bits per heavy atom. The van der Waals surface area contributed by atoms with Crippen LogP contribution in [0.3, 0.4) is 0 Å². The highest BCUT2D eigenvalue weighted by atomic mass is 35.5. The molecule has 0 saturated heterocycles. The molecule has 1 aromatic heterocycles. The fourth-order valence-electron chi connectivity index (χ4n) is 2.60. The van der Waals surface area contributed by atoms with Gasteiger partial charge in [-0.15, -0.1) is 0 Å². The topological polar surface area (TPSA) is 47.5 Å². The van der Waals surface area contributed by atoms with Gasteiger partial charge in [-0.2, -0.15) is 4.99 Å². The highest BCUT2D eigenvalue weighted by Crippen LogP contribution is 2.16. The van der Waals surface area contributed by atoms with Gasteiger partial charge >= 0.3 is 5.68 Å². The summed E-state index contributed by atoms with van der Waals surface area (Å²) in [6, 6.07) is 23.6. The van der Waals surface area contributed by atoms with Crippen molar-refractivity contribution in [1.82, 2.24) is 4.57 Å². The molecule has 0 fully saturated rings. The first-order chi connectivity index (χ1) is 12.2. The van der Waals surface area contributed by atoms with Gasteiger partial charge in [-0.25, -0.2) is 4.57 Å². The van der Waals surface area contributed by atoms with Gasteiger partial charge in [0, 0.05) is 5.02 Å². The predicted octanol–water partition coefficient (Wildman–Crippen LogP) is 4.47. The molecule has 0 bridgehead atoms. The Balaban J connectivity index is 2.12. The standard InChI is InChI=1S/C20H13ClN2O2/c21-14-11-12-18-17(13-14)19(24)23(16-9-5-2-6-10-16)20(25-18)22-15-7-3-1-4-8-15/h1-13H. The molecule has 0 saturated carbocycles. The molecule has 5 heteroatoms. The number of aromatic nitrogens is 1. The van der Waals surface area contributed by atoms with Crippen LogP contribution in [0.15, 0.2) is 93.1 Å². The average Bonchev–Trinajstić information content (AvgIpc) is 2.64. The van der Waals surface area contributed by atoms with E-state index in [0.717, 1.165) is 0 Å². The number of halogens is 1. The second-order valence-electron chi connectivity index (χ2n) is 5.45. The molecule has 0 N–H and O–H groups in total. The van der Waals surface area contributed by atoms with Crippen molar-refractivity contribution in [2.24, 2.45) is 4.99 Å². The SMILES string of the molecule is O=c1c2cc(Cl)ccc2oc(=Nc2ccccc2)n1-c1ccccc1. The van der Waals surface area contributed by atoms with Crippen LogP contribution in [0.5, 0.6) is 0 Å². The molecule has 0 atom stereocenters. The van der Waals surface area contributed by atoms with Crippen molar-refractivity contribution >= 4 is 28.3 Å². The van der Waals surface area contributed by atoms with E-state index in [-0.39, 0.29) is 11.2 Å². The quantitative estimate of drug-likeness (QED) is 0.536. The summed E-state index contributed by atoms with van der Waals surface area (Å²) in [6.07, 6.45) is 0. The van der Waals surface area contributed by atoms with Gasteiger partial charge in [0.25, 0.3) is 5.56 Å². The normalized spacial score (nSPS) is 11.8. The smallest absolute Gasteiger partial charge is 0.310 e. The summed E-state index contributed by atoms with van der Waals surface area (Å²) in [5, 5.41) is 0.885. The maximum Gasteiger partial charge on any atom is 0.310 e. The first-order valence-corrected chi connectivity index (χ1v) is 8.11. The molecular weight excluding hydrogens is 336 g/mol. The van der Waals surface area contributed by atoms with Gasteiger partial charge in [0.05, 0.1) is 16.8 Å². The van der Waals surface area contributed by atoms with Crippen molar-refractivity contribution in [1.29, 1.82) is 0 Å². The molecule has 4 rings (SSSR count). The summed E-state index contributed by atoms with van der Waals surface area (Å²) in [7, 11) is 0. The molecule has 4 aromatic rings. The minimum Gasteiger partial charge on any atom is -0.424 e. The van der Waals surface area contributed by atoms with E-state index in [0.29, 0.717) is 27.4 Å². The fourth-order valence-corrected chi connectivity index (χ4v) is 2.77. The highest BCUT2D eigenvalue weighted by Gasteiger charge is 2.11. The molecule has 0 aliphatic heterocycles. The van der Waals surface area contributed by atoms with Crippen LogP contribution in [-0.2, 0) is 0 Å². The van der Waals surface area contributed by atoms with E-state index in [9.17, 15) is 4.79 Å². The number of nitrogens with zero attached hydrogens (tertiary/aromatic N) is 2. The summed E-state index contributed by atoms with van der Waals surface area (Å²) < 4.78 is 7.37. The summed E-state index contributed by atoms with van der Waals surface area (Å²) in [4.78, 5) is 17.6. The molecule has 25 heavy (non-hydrogen) atoms. The Kier molecular flexibility index (Phi) is 3.96. The zero-order valence-electron chi connectivity index (χ0n) is 13.1. The lowest BCUT2D eigenvalue weighted by Gasteiger charge is -2.08. The molecule has 0 aliphatic carbocycles. The monoisotopic (exact) mass is 348 g/mol. The molecule has 0 unspecified atom stereocenters. The van der Waals surface area contributed by atoms with E-state index in [1.165, 1.54) is 4.57 Å². The van der Waals surface area contributed by atoms with Crippen LogP contribution >= 0.6 is 11.6 Å². The maximum absolute atomic E-state index is 13.1. The number of rotatable bonds is 2.